The summed E-state index contributed by atoms with van der Waals surface area (Å²) < 4.78 is 32.0. The minimum Gasteiger partial charge on any atom is -0.379 e. The molecule has 40 heavy (non-hydrogen) atoms. The number of hydrogen-bond donors (Lipinski definition) is 3. The van der Waals surface area contributed by atoms with E-state index in [1.165, 1.54) is 48.8 Å². The first-order chi connectivity index (χ1) is 19.4. The first-order valence-electron chi connectivity index (χ1n) is 12.5. The van der Waals surface area contributed by atoms with Gasteiger partial charge in [0.25, 0.3) is 5.91 Å². The first kappa shape index (κ1) is 26.1. The highest BCUT2D eigenvalue weighted by Gasteiger charge is 2.27. The number of ether oxygens (including phenoxy) is 1. The Labute approximate surface area is 234 Å². The number of imidazole rings is 1. The molecule has 0 unspecified atom stereocenters. The maximum Gasteiger partial charge on any atom is 0.258 e. The monoisotopic (exact) mass is 577 g/mol. The number of hydrogen-bond acceptors (Lipinski definition) is 8. The number of rotatable bonds is 7. The standard InChI is InChI=1S/C27H24ClN7O4S/c28-18-4-6-19(7-5-18)40(37,38)27-20(2-1-9-29-27)26(36)33-23-15-30-34-24(23)25-31-21-8-3-17(14-22(21)32-25)16-35-10-12-39-13-11-35/h1-9,14-15H,10-13,16H2,(H,30,34)(H,31,32)(H,33,36). The van der Waals surface area contributed by atoms with Crippen LogP contribution in [0, 0.1) is 0 Å². The number of aromatic amines is 2. The SMILES string of the molecule is O=C(Nc1cn[nH]c1-c1nc2ccc(CN3CCOCC3)cc2[nH]1)c1cccnc1S(=O)(=O)c1ccc(Cl)cc1. The first-order valence-corrected chi connectivity index (χ1v) is 14.3. The molecule has 1 aliphatic rings. The van der Waals surface area contributed by atoms with Gasteiger partial charge in [-0.05, 0) is 54.1 Å². The normalized spacial score (nSPS) is 14.4. The van der Waals surface area contributed by atoms with E-state index in [2.05, 4.69) is 41.4 Å². The molecule has 1 saturated heterocycles. The van der Waals surface area contributed by atoms with Gasteiger partial charge in [-0.15, -0.1) is 0 Å². The summed E-state index contributed by atoms with van der Waals surface area (Å²) in [6.07, 6.45) is 2.76. The molecule has 2 aromatic carbocycles. The van der Waals surface area contributed by atoms with E-state index in [1.807, 2.05) is 12.1 Å². The number of amides is 1. The van der Waals surface area contributed by atoms with E-state index in [9.17, 15) is 13.2 Å². The average Bonchev–Trinajstić information content (AvgIpc) is 3.60. The van der Waals surface area contributed by atoms with Crippen molar-refractivity contribution in [2.75, 3.05) is 31.6 Å². The molecule has 1 aliphatic heterocycles. The van der Waals surface area contributed by atoms with E-state index >= 15 is 0 Å². The van der Waals surface area contributed by atoms with Crippen molar-refractivity contribution in [3.05, 3.63) is 83.1 Å². The van der Waals surface area contributed by atoms with Crippen molar-refractivity contribution in [1.82, 2.24) is 30.0 Å². The van der Waals surface area contributed by atoms with Crippen molar-refractivity contribution >= 4 is 44.1 Å². The van der Waals surface area contributed by atoms with Crippen LogP contribution in [0.3, 0.4) is 0 Å². The zero-order valence-electron chi connectivity index (χ0n) is 21.1. The molecule has 6 rings (SSSR count). The molecule has 0 spiro atoms. The zero-order chi connectivity index (χ0) is 27.7. The number of H-pyrrole nitrogens is 2. The van der Waals surface area contributed by atoms with E-state index in [1.54, 1.807) is 0 Å². The Bertz CT molecular complexity index is 1800. The van der Waals surface area contributed by atoms with Crippen LogP contribution in [0.25, 0.3) is 22.6 Å². The van der Waals surface area contributed by atoms with Crippen molar-refractivity contribution in [3.8, 4) is 11.5 Å². The maximum absolute atomic E-state index is 13.3. The number of morpholine rings is 1. The number of benzene rings is 2. The lowest BCUT2D eigenvalue weighted by Crippen LogP contribution is -2.35. The second-order valence-corrected chi connectivity index (χ2v) is 11.6. The molecule has 3 aromatic heterocycles. The Hall–Kier alpha value is -4.10. The molecule has 204 valence electrons. The number of carbonyl (C=O) groups excluding carboxylic acids is 1. The number of carbonyl (C=O) groups is 1. The lowest BCUT2D eigenvalue weighted by molar-refractivity contribution is 0.0342. The highest BCUT2D eigenvalue weighted by Crippen LogP contribution is 2.28. The lowest BCUT2D eigenvalue weighted by atomic mass is 10.2. The van der Waals surface area contributed by atoms with Crippen molar-refractivity contribution < 1.29 is 17.9 Å². The smallest absolute Gasteiger partial charge is 0.258 e. The molecule has 4 heterocycles. The fourth-order valence-corrected chi connectivity index (χ4v) is 6.04. The number of anilines is 1. The van der Waals surface area contributed by atoms with Gasteiger partial charge in [0.2, 0.25) is 9.84 Å². The summed E-state index contributed by atoms with van der Waals surface area (Å²) in [4.78, 5) is 27.6. The quantitative estimate of drug-likeness (QED) is 0.264. The van der Waals surface area contributed by atoms with E-state index < -0.39 is 15.7 Å². The molecule has 1 fully saturated rings. The summed E-state index contributed by atoms with van der Waals surface area (Å²) in [7, 11) is -4.09. The van der Waals surface area contributed by atoms with Crippen LogP contribution in [0.1, 0.15) is 15.9 Å². The number of fused-ring (bicyclic) bond motifs is 1. The molecule has 0 radical (unpaired) electrons. The molecular weight excluding hydrogens is 554 g/mol. The fraction of sp³-hybridized carbons (Fsp3) is 0.185. The third kappa shape index (κ3) is 5.21. The molecule has 0 atom stereocenters. The van der Waals surface area contributed by atoms with Gasteiger partial charge in [-0.3, -0.25) is 14.8 Å². The van der Waals surface area contributed by atoms with Gasteiger partial charge in [-0.25, -0.2) is 18.4 Å². The number of halogens is 1. The van der Waals surface area contributed by atoms with Crippen LogP contribution >= 0.6 is 11.6 Å². The van der Waals surface area contributed by atoms with Crippen LogP contribution in [0.2, 0.25) is 5.02 Å². The fourth-order valence-electron chi connectivity index (χ4n) is 4.55. The van der Waals surface area contributed by atoms with E-state index in [4.69, 9.17) is 16.3 Å². The summed E-state index contributed by atoms with van der Waals surface area (Å²) in [5.74, 6) is -0.182. The molecule has 13 heteroatoms. The second-order valence-electron chi connectivity index (χ2n) is 9.25. The molecule has 1 amide bonds. The van der Waals surface area contributed by atoms with Crippen molar-refractivity contribution in [3.63, 3.8) is 0 Å². The van der Waals surface area contributed by atoms with Crippen LogP contribution < -0.4 is 5.32 Å². The predicted octanol–water partition coefficient (Wildman–Crippen LogP) is 3.92. The molecule has 11 nitrogen and oxygen atoms in total. The Kier molecular flexibility index (Phi) is 7.07. The topological polar surface area (TPSA) is 146 Å². The summed E-state index contributed by atoms with van der Waals surface area (Å²) in [5, 5.41) is 9.72. The zero-order valence-corrected chi connectivity index (χ0v) is 22.7. The van der Waals surface area contributed by atoms with Crippen LogP contribution in [0.4, 0.5) is 5.69 Å². The number of pyridine rings is 1. The van der Waals surface area contributed by atoms with Gasteiger partial charge in [-0.2, -0.15) is 5.10 Å². The van der Waals surface area contributed by atoms with Crippen LogP contribution in [-0.4, -0.2) is 70.7 Å². The Morgan fingerprint density at radius 1 is 1.10 bits per heavy atom. The van der Waals surface area contributed by atoms with E-state index in [0.29, 0.717) is 22.2 Å². The molecule has 0 aliphatic carbocycles. The molecule has 5 aromatic rings. The van der Waals surface area contributed by atoms with Crippen molar-refractivity contribution in [2.45, 2.75) is 16.5 Å². The van der Waals surface area contributed by atoms with E-state index in [-0.39, 0.29) is 15.5 Å². The van der Waals surface area contributed by atoms with Crippen LogP contribution in [0.15, 0.2) is 76.9 Å². The highest BCUT2D eigenvalue weighted by atomic mass is 35.5. The molecular formula is C27H24ClN7O4S. The Morgan fingerprint density at radius 2 is 1.90 bits per heavy atom. The van der Waals surface area contributed by atoms with Crippen LogP contribution in [0.5, 0.6) is 0 Å². The minimum atomic E-state index is -4.09. The molecule has 0 bridgehead atoms. The van der Waals surface area contributed by atoms with E-state index in [0.717, 1.165) is 49.4 Å². The molecule has 0 saturated carbocycles. The number of sulfone groups is 1. The Balaban J connectivity index is 1.26. The summed E-state index contributed by atoms with van der Waals surface area (Å²) >= 11 is 5.91. The highest BCUT2D eigenvalue weighted by molar-refractivity contribution is 7.91. The number of aromatic nitrogens is 5. The van der Waals surface area contributed by atoms with Gasteiger partial charge >= 0.3 is 0 Å². The summed E-state index contributed by atoms with van der Waals surface area (Å²) in [6.45, 7) is 4.06. The summed E-state index contributed by atoms with van der Waals surface area (Å²) in [6, 6.07) is 14.6. The largest absolute Gasteiger partial charge is 0.379 e. The number of nitrogens with one attached hydrogen (secondary N) is 3. The predicted molar refractivity (Wildman–Crippen MR) is 149 cm³/mol. The number of nitrogens with zero attached hydrogens (tertiary/aromatic N) is 4. The lowest BCUT2D eigenvalue weighted by Gasteiger charge is -2.26. The third-order valence-electron chi connectivity index (χ3n) is 6.57. The average molecular weight is 578 g/mol. The Morgan fingerprint density at radius 3 is 2.70 bits per heavy atom. The van der Waals surface area contributed by atoms with Crippen molar-refractivity contribution in [2.24, 2.45) is 0 Å². The van der Waals surface area contributed by atoms with Gasteiger partial charge in [-0.1, -0.05) is 17.7 Å². The second kappa shape index (κ2) is 10.8. The third-order valence-corrected chi connectivity index (χ3v) is 8.55. The van der Waals surface area contributed by atoms with Gasteiger partial charge in [0, 0.05) is 30.9 Å². The van der Waals surface area contributed by atoms with Gasteiger partial charge in [0.15, 0.2) is 10.9 Å². The van der Waals surface area contributed by atoms with Gasteiger partial charge < -0.3 is 15.0 Å². The van der Waals surface area contributed by atoms with Gasteiger partial charge in [0.05, 0.1) is 46.6 Å². The van der Waals surface area contributed by atoms with Crippen LogP contribution in [-0.2, 0) is 21.1 Å². The summed E-state index contributed by atoms with van der Waals surface area (Å²) in [5.41, 5.74) is 3.42. The molecule has 3 N–H and O–H groups in total. The minimum absolute atomic E-state index is 0.0242. The maximum atomic E-state index is 13.3. The van der Waals surface area contributed by atoms with Gasteiger partial charge in [0.1, 0.15) is 5.69 Å². The van der Waals surface area contributed by atoms with Crippen molar-refractivity contribution in [1.29, 1.82) is 0 Å².